The third kappa shape index (κ3) is 3.71. The number of carbonyl (C=O) groups excluding carboxylic acids is 1. The molecule has 0 radical (unpaired) electrons. The Balaban J connectivity index is 1.60. The molecule has 1 aromatic heterocycles. The molecular formula is C16H19ClN4O2. The second-order valence-electron chi connectivity index (χ2n) is 5.93. The van der Waals surface area contributed by atoms with Crippen molar-refractivity contribution in [3.05, 3.63) is 46.7 Å². The second kappa shape index (κ2) is 6.68. The molecule has 0 spiro atoms. The third-order valence-electron chi connectivity index (χ3n) is 4.26. The Kier molecular flexibility index (Phi) is 4.63. The van der Waals surface area contributed by atoms with E-state index in [-0.39, 0.29) is 12.5 Å². The van der Waals surface area contributed by atoms with Crippen molar-refractivity contribution in [2.75, 3.05) is 13.1 Å². The van der Waals surface area contributed by atoms with Crippen molar-refractivity contribution in [3.8, 4) is 0 Å². The van der Waals surface area contributed by atoms with Gasteiger partial charge in [0.15, 0.2) is 0 Å². The highest BCUT2D eigenvalue weighted by atomic mass is 35.5. The van der Waals surface area contributed by atoms with E-state index in [9.17, 15) is 9.90 Å². The van der Waals surface area contributed by atoms with Crippen LogP contribution in [0.3, 0.4) is 0 Å². The van der Waals surface area contributed by atoms with Gasteiger partial charge in [-0.3, -0.25) is 4.79 Å². The minimum absolute atomic E-state index is 0.0431. The number of aromatic nitrogens is 3. The Labute approximate surface area is 139 Å². The molecule has 1 atom stereocenters. The monoisotopic (exact) mass is 334 g/mol. The first-order valence-electron chi connectivity index (χ1n) is 7.68. The summed E-state index contributed by atoms with van der Waals surface area (Å²) in [5.74, 6) is 0.0431. The van der Waals surface area contributed by atoms with Gasteiger partial charge in [0.25, 0.3) is 0 Å². The van der Waals surface area contributed by atoms with Crippen molar-refractivity contribution >= 4 is 17.5 Å². The number of aliphatic hydroxyl groups is 1. The van der Waals surface area contributed by atoms with E-state index in [1.807, 2.05) is 24.3 Å². The maximum absolute atomic E-state index is 12.4. The molecule has 1 fully saturated rings. The predicted octanol–water partition coefficient (Wildman–Crippen LogP) is 1.90. The molecule has 1 aromatic carbocycles. The van der Waals surface area contributed by atoms with Crippen molar-refractivity contribution in [3.63, 3.8) is 0 Å². The van der Waals surface area contributed by atoms with Gasteiger partial charge in [-0.15, -0.1) is 0 Å². The molecule has 0 saturated carbocycles. The number of β-amino-alcohol motifs (C(OH)–C–C–N with tert-alkyl or cyclic N) is 1. The van der Waals surface area contributed by atoms with Gasteiger partial charge in [-0.1, -0.05) is 23.7 Å². The molecule has 0 unspecified atom stereocenters. The van der Waals surface area contributed by atoms with Crippen molar-refractivity contribution in [2.45, 2.75) is 31.3 Å². The molecule has 2 aromatic rings. The summed E-state index contributed by atoms with van der Waals surface area (Å²) >= 11 is 5.86. The number of benzene rings is 1. The van der Waals surface area contributed by atoms with Gasteiger partial charge < -0.3 is 10.0 Å². The molecule has 0 bridgehead atoms. The number of amides is 1. The molecule has 1 aliphatic heterocycles. The van der Waals surface area contributed by atoms with Crippen LogP contribution >= 0.6 is 11.6 Å². The van der Waals surface area contributed by atoms with E-state index in [4.69, 9.17) is 11.6 Å². The van der Waals surface area contributed by atoms with Crippen LogP contribution < -0.4 is 0 Å². The molecule has 23 heavy (non-hydrogen) atoms. The highest BCUT2D eigenvalue weighted by molar-refractivity contribution is 6.30. The number of aryl methyl sites for hydroxylation is 1. The Morgan fingerprint density at radius 3 is 2.87 bits per heavy atom. The van der Waals surface area contributed by atoms with Crippen molar-refractivity contribution < 1.29 is 9.90 Å². The number of likely N-dealkylation sites (tertiary alicyclic amines) is 1. The summed E-state index contributed by atoms with van der Waals surface area (Å²) < 4.78 is 0. The lowest BCUT2D eigenvalue weighted by Gasteiger charge is -2.38. The third-order valence-corrected chi connectivity index (χ3v) is 4.51. The van der Waals surface area contributed by atoms with E-state index in [1.165, 1.54) is 6.20 Å². The van der Waals surface area contributed by atoms with Crippen molar-refractivity contribution in [1.29, 1.82) is 0 Å². The van der Waals surface area contributed by atoms with Gasteiger partial charge >= 0.3 is 0 Å². The number of piperidine rings is 1. The van der Waals surface area contributed by atoms with E-state index in [1.54, 1.807) is 4.90 Å². The normalized spacial score (nSPS) is 21.4. The number of hydrogen-bond donors (Lipinski definition) is 2. The van der Waals surface area contributed by atoms with Crippen LogP contribution in [0.15, 0.2) is 30.5 Å². The van der Waals surface area contributed by atoms with Crippen LogP contribution in [0, 0.1) is 0 Å². The average Bonchev–Trinajstić information content (AvgIpc) is 3.09. The predicted molar refractivity (Wildman–Crippen MR) is 85.9 cm³/mol. The lowest BCUT2D eigenvalue weighted by atomic mass is 9.90. The fourth-order valence-electron chi connectivity index (χ4n) is 2.94. The largest absolute Gasteiger partial charge is 0.382 e. The van der Waals surface area contributed by atoms with Crippen LogP contribution in [0.2, 0.25) is 5.02 Å². The number of halogens is 1. The van der Waals surface area contributed by atoms with Gasteiger partial charge in [-0.25, -0.2) is 0 Å². The van der Waals surface area contributed by atoms with E-state index >= 15 is 0 Å². The Hall–Kier alpha value is -1.92. The van der Waals surface area contributed by atoms with E-state index in [2.05, 4.69) is 15.4 Å². The fourth-order valence-corrected chi connectivity index (χ4v) is 3.07. The quantitative estimate of drug-likeness (QED) is 0.894. The van der Waals surface area contributed by atoms with E-state index in [0.29, 0.717) is 36.5 Å². The first kappa shape index (κ1) is 16.0. The summed E-state index contributed by atoms with van der Waals surface area (Å²) in [5.41, 5.74) is 0.459. The molecule has 1 amide bonds. The van der Waals surface area contributed by atoms with Gasteiger partial charge in [0, 0.05) is 18.0 Å². The summed E-state index contributed by atoms with van der Waals surface area (Å²) in [6.45, 7) is 0.929. The molecule has 1 aliphatic rings. The number of carbonyl (C=O) groups is 1. The smallest absolute Gasteiger partial charge is 0.223 e. The van der Waals surface area contributed by atoms with Crippen molar-refractivity contribution in [2.24, 2.45) is 0 Å². The topological polar surface area (TPSA) is 82.1 Å². The van der Waals surface area contributed by atoms with E-state index in [0.717, 1.165) is 12.0 Å². The molecular weight excluding hydrogens is 316 g/mol. The van der Waals surface area contributed by atoms with Crippen LogP contribution in [-0.4, -0.2) is 44.4 Å². The standard InChI is InChI=1S/C16H19ClN4O2/c17-13-5-2-12(3-6-13)4-7-15(22)21-9-1-8-16(23,11-21)14-10-18-20-19-14/h2-3,5-6,10,23H,1,4,7-9,11H2,(H,18,19,20)/t16-/m0/s1. The molecule has 1 saturated heterocycles. The number of aromatic amines is 1. The average molecular weight is 335 g/mol. The molecule has 3 rings (SSSR count). The minimum atomic E-state index is -1.11. The fraction of sp³-hybridized carbons (Fsp3) is 0.438. The van der Waals surface area contributed by atoms with Gasteiger partial charge in [0.2, 0.25) is 5.91 Å². The number of rotatable bonds is 4. The Morgan fingerprint density at radius 1 is 1.39 bits per heavy atom. The highest BCUT2D eigenvalue weighted by Crippen LogP contribution is 2.30. The first-order chi connectivity index (χ1) is 11.1. The van der Waals surface area contributed by atoms with Gasteiger partial charge in [-0.05, 0) is 37.0 Å². The van der Waals surface area contributed by atoms with Gasteiger partial charge in [0.05, 0.1) is 12.7 Å². The molecule has 122 valence electrons. The number of H-pyrrole nitrogens is 1. The van der Waals surface area contributed by atoms with Gasteiger partial charge in [0.1, 0.15) is 11.3 Å². The summed E-state index contributed by atoms with van der Waals surface area (Å²) in [6.07, 6.45) is 3.92. The van der Waals surface area contributed by atoms with Crippen LogP contribution in [-0.2, 0) is 16.8 Å². The van der Waals surface area contributed by atoms with Crippen LogP contribution in [0.1, 0.15) is 30.5 Å². The van der Waals surface area contributed by atoms with E-state index < -0.39 is 5.60 Å². The summed E-state index contributed by atoms with van der Waals surface area (Å²) in [4.78, 5) is 14.2. The molecule has 6 nitrogen and oxygen atoms in total. The van der Waals surface area contributed by atoms with Crippen LogP contribution in [0.25, 0.3) is 0 Å². The molecule has 0 aliphatic carbocycles. The Morgan fingerprint density at radius 2 is 2.17 bits per heavy atom. The second-order valence-corrected chi connectivity index (χ2v) is 6.37. The number of nitrogens with zero attached hydrogens (tertiary/aromatic N) is 3. The van der Waals surface area contributed by atoms with Gasteiger partial charge in [-0.2, -0.15) is 15.4 Å². The zero-order chi connectivity index (χ0) is 16.3. The van der Waals surface area contributed by atoms with Crippen LogP contribution in [0.5, 0.6) is 0 Å². The zero-order valence-electron chi connectivity index (χ0n) is 12.7. The number of hydrogen-bond acceptors (Lipinski definition) is 4. The lowest BCUT2D eigenvalue weighted by molar-refractivity contribution is -0.139. The Bertz CT molecular complexity index is 659. The van der Waals surface area contributed by atoms with Crippen LogP contribution in [0.4, 0.5) is 0 Å². The SMILES string of the molecule is O=C(CCc1ccc(Cl)cc1)N1CCC[C@@](O)(c2cn[nH]n2)C1. The maximum atomic E-state index is 12.4. The maximum Gasteiger partial charge on any atom is 0.223 e. The zero-order valence-corrected chi connectivity index (χ0v) is 13.5. The minimum Gasteiger partial charge on any atom is -0.382 e. The highest BCUT2D eigenvalue weighted by Gasteiger charge is 2.38. The molecule has 2 heterocycles. The summed E-state index contributed by atoms with van der Waals surface area (Å²) in [7, 11) is 0. The van der Waals surface area contributed by atoms with Crippen molar-refractivity contribution in [1.82, 2.24) is 20.3 Å². The number of nitrogens with one attached hydrogen (secondary N) is 1. The molecule has 2 N–H and O–H groups in total. The lowest BCUT2D eigenvalue weighted by Crippen LogP contribution is -2.48. The summed E-state index contributed by atoms with van der Waals surface area (Å²) in [5, 5.41) is 21.7. The first-order valence-corrected chi connectivity index (χ1v) is 8.05. The summed E-state index contributed by atoms with van der Waals surface area (Å²) in [6, 6.07) is 7.51. The molecule has 7 heteroatoms.